The van der Waals surface area contributed by atoms with Crippen molar-refractivity contribution in [1.29, 1.82) is 5.26 Å². The molecule has 1 aromatic rings. The highest BCUT2D eigenvalue weighted by Gasteiger charge is 2.24. The van der Waals surface area contributed by atoms with Crippen LogP contribution in [-0.4, -0.2) is 20.2 Å². The highest BCUT2D eigenvalue weighted by atomic mass is 35.8. The molecule has 0 spiro atoms. The third kappa shape index (κ3) is 5.29. The number of hydrogen-bond donors (Lipinski definition) is 0. The van der Waals surface area contributed by atoms with Gasteiger partial charge in [-0.3, -0.25) is 0 Å². The maximum absolute atomic E-state index is 8.64. The van der Waals surface area contributed by atoms with E-state index in [-0.39, 0.29) is 5.75 Å². The average Bonchev–Trinajstić information content (AvgIpc) is 2.38. The highest BCUT2D eigenvalue weighted by molar-refractivity contribution is 7.64. The molecular weight excluding hydrogens is 341 g/mol. The first-order valence-electron chi connectivity index (χ1n) is 5.79. The summed E-state index contributed by atoms with van der Waals surface area (Å²) in [5.41, 5.74) is 0.965. The lowest BCUT2D eigenvalue weighted by Crippen LogP contribution is -2.08. The molecule has 0 heterocycles. The van der Waals surface area contributed by atoms with Crippen molar-refractivity contribution in [3.8, 4) is 23.5 Å². The largest absolute Gasteiger partial charge is 0.493 e. The summed E-state index contributed by atoms with van der Waals surface area (Å²) >= 11 is 17.5. The van der Waals surface area contributed by atoms with E-state index in [2.05, 4.69) is 0 Å². The summed E-state index contributed by atoms with van der Waals surface area (Å²) in [6.45, 7) is 0. The summed E-state index contributed by atoms with van der Waals surface area (Å²) < 4.78 is 15.3. The van der Waals surface area contributed by atoms with Gasteiger partial charge in [0.1, 0.15) is 0 Å². The van der Waals surface area contributed by atoms with E-state index in [1.54, 1.807) is 18.4 Å². The van der Waals surface area contributed by atoms with Crippen molar-refractivity contribution in [2.45, 2.75) is 18.9 Å². The minimum Gasteiger partial charge on any atom is -0.493 e. The molecule has 0 atom stereocenters. The molecule has 0 N–H and O–H groups in total. The van der Waals surface area contributed by atoms with Crippen molar-refractivity contribution in [3.05, 3.63) is 17.7 Å². The van der Waals surface area contributed by atoms with Gasteiger partial charge in [-0.1, -0.05) is 0 Å². The molecule has 0 aliphatic heterocycles. The van der Waals surface area contributed by atoms with Crippen LogP contribution in [0.15, 0.2) is 12.1 Å². The van der Waals surface area contributed by atoms with Gasteiger partial charge in [0, 0.05) is 0 Å². The fourth-order valence-electron chi connectivity index (χ4n) is 1.72. The Morgan fingerprint density at radius 2 is 1.70 bits per heavy atom. The second-order valence-electron chi connectivity index (χ2n) is 3.99. The quantitative estimate of drug-likeness (QED) is 0.419. The topological polar surface area (TPSA) is 51.5 Å². The first-order chi connectivity index (χ1) is 9.41. The van der Waals surface area contributed by atoms with Gasteiger partial charge in [-0.25, -0.2) is 0 Å². The van der Waals surface area contributed by atoms with E-state index in [9.17, 15) is 0 Å². The lowest BCUT2D eigenvalue weighted by atomic mass is 10.1. The van der Waals surface area contributed by atoms with Gasteiger partial charge >= 0.3 is 6.00 Å². The number of halogens is 3. The van der Waals surface area contributed by atoms with Gasteiger partial charge < -0.3 is 14.2 Å². The van der Waals surface area contributed by atoms with E-state index in [1.165, 1.54) is 14.2 Å². The van der Waals surface area contributed by atoms with Crippen LogP contribution in [0.3, 0.4) is 0 Å². The first kappa shape index (κ1) is 17.2. The van der Waals surface area contributed by atoms with Crippen LogP contribution in [0.25, 0.3) is 0 Å². The standard InChI is InChI=1S/C12H14Cl3NO3Si/c1-17-10-6-9(4-3-5-20(13,14)15)7-11(18-2)12(10)19-8-16/h6-7H,3-5H2,1-2H3. The van der Waals surface area contributed by atoms with Crippen LogP contribution in [0.5, 0.6) is 17.2 Å². The molecule has 1 aromatic carbocycles. The minimum atomic E-state index is -2.59. The highest BCUT2D eigenvalue weighted by Crippen LogP contribution is 2.39. The first-order valence-corrected chi connectivity index (χ1v) is 11.0. The number of nitrogens with zero attached hydrogens (tertiary/aromatic N) is 1. The molecular formula is C12H14Cl3NO3Si. The van der Waals surface area contributed by atoms with Crippen molar-refractivity contribution in [3.63, 3.8) is 0 Å². The van der Waals surface area contributed by atoms with Crippen LogP contribution in [0, 0.1) is 11.5 Å². The monoisotopic (exact) mass is 353 g/mol. The SMILES string of the molecule is COc1cc(CCC[Si](Cl)(Cl)Cl)cc(OC)c1OC#N. The Kier molecular flexibility index (Phi) is 6.76. The summed E-state index contributed by atoms with van der Waals surface area (Å²) in [5.74, 6) is 1.14. The number of benzene rings is 1. The van der Waals surface area contributed by atoms with E-state index in [0.717, 1.165) is 18.4 Å². The number of aryl methyl sites for hydroxylation is 1. The Hall–Kier alpha value is -0.803. The second-order valence-corrected chi connectivity index (χ2v) is 13.3. The van der Waals surface area contributed by atoms with Crippen molar-refractivity contribution in [1.82, 2.24) is 0 Å². The third-order valence-electron chi connectivity index (χ3n) is 2.59. The molecule has 8 heteroatoms. The van der Waals surface area contributed by atoms with E-state index < -0.39 is 6.00 Å². The van der Waals surface area contributed by atoms with Crippen LogP contribution < -0.4 is 14.2 Å². The summed E-state index contributed by atoms with van der Waals surface area (Å²) in [4.78, 5) is 0. The summed E-state index contributed by atoms with van der Waals surface area (Å²) in [6.07, 6.45) is 3.09. The zero-order valence-electron chi connectivity index (χ0n) is 11.1. The van der Waals surface area contributed by atoms with E-state index in [4.69, 9.17) is 52.7 Å². The maximum atomic E-state index is 8.64. The third-order valence-corrected chi connectivity index (χ3v) is 5.22. The summed E-state index contributed by atoms with van der Waals surface area (Å²) in [5, 5.41) is 8.64. The molecule has 0 bridgehead atoms. The Labute approximate surface area is 133 Å². The molecule has 4 nitrogen and oxygen atoms in total. The van der Waals surface area contributed by atoms with Gasteiger partial charge in [0.15, 0.2) is 11.5 Å². The van der Waals surface area contributed by atoms with Gasteiger partial charge in [-0.15, -0.1) is 38.5 Å². The Morgan fingerprint density at radius 1 is 1.15 bits per heavy atom. The molecule has 0 amide bonds. The van der Waals surface area contributed by atoms with Crippen LogP contribution >= 0.6 is 33.2 Å². The van der Waals surface area contributed by atoms with E-state index in [1.807, 2.05) is 0 Å². The number of rotatable bonds is 7. The van der Waals surface area contributed by atoms with Crippen molar-refractivity contribution in [2.75, 3.05) is 14.2 Å². The second kappa shape index (κ2) is 7.84. The van der Waals surface area contributed by atoms with Crippen molar-refractivity contribution in [2.24, 2.45) is 0 Å². The fraction of sp³-hybridized carbons (Fsp3) is 0.417. The molecule has 110 valence electrons. The molecule has 1 rings (SSSR count). The molecule has 0 aromatic heterocycles. The number of nitriles is 1. The van der Waals surface area contributed by atoms with Gasteiger partial charge in [0.05, 0.1) is 14.2 Å². The zero-order valence-corrected chi connectivity index (χ0v) is 14.3. The predicted octanol–water partition coefficient (Wildman–Crippen LogP) is 4.15. The minimum absolute atomic E-state index is 0.261. The molecule has 0 fully saturated rings. The average molecular weight is 355 g/mol. The van der Waals surface area contributed by atoms with Crippen molar-refractivity contribution >= 4 is 39.2 Å². The van der Waals surface area contributed by atoms with Gasteiger partial charge in [-0.05, 0) is 36.6 Å². The fourth-order valence-corrected chi connectivity index (χ4v) is 3.50. The Balaban J connectivity index is 2.91. The van der Waals surface area contributed by atoms with Crippen molar-refractivity contribution < 1.29 is 14.2 Å². The van der Waals surface area contributed by atoms with Gasteiger partial charge in [0.25, 0.3) is 6.26 Å². The van der Waals surface area contributed by atoms with Crippen LogP contribution in [0.2, 0.25) is 6.04 Å². The molecule has 0 aliphatic carbocycles. The van der Waals surface area contributed by atoms with E-state index in [0.29, 0.717) is 17.5 Å². The molecule has 0 aliphatic rings. The Bertz CT molecular complexity index is 475. The van der Waals surface area contributed by atoms with Crippen LogP contribution in [0.4, 0.5) is 0 Å². The zero-order chi connectivity index (χ0) is 15.2. The molecule has 0 radical (unpaired) electrons. The normalized spacial score (nSPS) is 10.8. The molecule has 20 heavy (non-hydrogen) atoms. The maximum Gasteiger partial charge on any atom is 0.341 e. The summed E-state index contributed by atoms with van der Waals surface area (Å²) in [6, 6.07) is 1.56. The molecule has 0 unspecified atom stereocenters. The Morgan fingerprint density at radius 3 is 2.10 bits per heavy atom. The summed E-state index contributed by atoms with van der Waals surface area (Å²) in [7, 11) is 2.99. The molecule has 0 saturated carbocycles. The lowest BCUT2D eigenvalue weighted by molar-refractivity contribution is 0.351. The number of hydrogen-bond acceptors (Lipinski definition) is 4. The molecule has 0 saturated heterocycles. The number of methoxy groups -OCH3 is 2. The number of ether oxygens (including phenoxy) is 3. The smallest absolute Gasteiger partial charge is 0.341 e. The van der Waals surface area contributed by atoms with Gasteiger partial charge in [0.2, 0.25) is 5.75 Å². The lowest BCUT2D eigenvalue weighted by Gasteiger charge is -2.13. The predicted molar refractivity (Wildman–Crippen MR) is 82.2 cm³/mol. The van der Waals surface area contributed by atoms with Crippen LogP contribution in [0.1, 0.15) is 12.0 Å². The van der Waals surface area contributed by atoms with E-state index >= 15 is 0 Å². The van der Waals surface area contributed by atoms with Gasteiger partial charge in [-0.2, -0.15) is 0 Å². The van der Waals surface area contributed by atoms with Crippen LogP contribution in [-0.2, 0) is 6.42 Å².